The third kappa shape index (κ3) is 6.25. The van der Waals surface area contributed by atoms with Crippen LogP contribution >= 0.6 is 23.2 Å². The zero-order chi connectivity index (χ0) is 21.5. The van der Waals surface area contributed by atoms with Crippen molar-refractivity contribution in [1.82, 2.24) is 9.80 Å². The van der Waals surface area contributed by atoms with Crippen LogP contribution in [0.2, 0.25) is 10.0 Å². The summed E-state index contributed by atoms with van der Waals surface area (Å²) in [6.07, 6.45) is 0. The van der Waals surface area contributed by atoms with Crippen molar-refractivity contribution in [3.63, 3.8) is 0 Å². The van der Waals surface area contributed by atoms with Crippen LogP contribution in [0.4, 0.5) is 16.2 Å². The van der Waals surface area contributed by atoms with Gasteiger partial charge in [0.2, 0.25) is 0 Å². The van der Waals surface area contributed by atoms with Gasteiger partial charge in [0.1, 0.15) is 0 Å². The van der Waals surface area contributed by atoms with Gasteiger partial charge in [-0.2, -0.15) is 0 Å². The second-order valence-corrected chi connectivity index (χ2v) is 8.25. The van der Waals surface area contributed by atoms with Crippen LogP contribution in [0.1, 0.15) is 5.56 Å². The summed E-state index contributed by atoms with van der Waals surface area (Å²) >= 11 is 12.3. The average molecular weight is 451 g/mol. The molecule has 3 rings (SSSR count). The molecule has 0 unspecified atom stereocenters. The Morgan fingerprint density at radius 3 is 2.47 bits per heavy atom. The highest BCUT2D eigenvalue weighted by atomic mass is 35.5. The van der Waals surface area contributed by atoms with Gasteiger partial charge >= 0.3 is 6.03 Å². The molecule has 2 aromatic carbocycles. The van der Waals surface area contributed by atoms with Crippen LogP contribution in [0.25, 0.3) is 0 Å². The topological polar surface area (TPSA) is 48.1 Å². The van der Waals surface area contributed by atoms with Gasteiger partial charge in [-0.1, -0.05) is 41.4 Å². The monoisotopic (exact) mass is 450 g/mol. The zero-order valence-electron chi connectivity index (χ0n) is 17.4. The van der Waals surface area contributed by atoms with Crippen molar-refractivity contribution in [2.45, 2.75) is 6.54 Å². The molecule has 0 atom stereocenters. The van der Waals surface area contributed by atoms with Crippen LogP contribution in [-0.2, 0) is 11.3 Å². The summed E-state index contributed by atoms with van der Waals surface area (Å²) in [6, 6.07) is 13.2. The molecule has 2 aromatic rings. The van der Waals surface area contributed by atoms with E-state index < -0.39 is 0 Å². The molecule has 8 heteroatoms. The van der Waals surface area contributed by atoms with Crippen molar-refractivity contribution in [3.05, 3.63) is 58.1 Å². The van der Waals surface area contributed by atoms with Crippen molar-refractivity contribution in [2.75, 3.05) is 63.7 Å². The van der Waals surface area contributed by atoms with E-state index in [1.807, 2.05) is 19.0 Å². The number of amides is 2. The minimum atomic E-state index is -0.205. The molecular weight excluding hydrogens is 423 g/mol. The standard InChI is InChI=1S/C22H28Cl2N4O2/c1-26(2)18-8-6-17(7-9-18)16-28(11-10-27-12-14-30-15-13-27)22(29)25-20-5-3-4-19(23)21(20)24/h3-9H,10-16H2,1-2H3,(H,25,29). The summed E-state index contributed by atoms with van der Waals surface area (Å²) in [5.74, 6) is 0. The molecule has 1 heterocycles. The maximum Gasteiger partial charge on any atom is 0.322 e. The van der Waals surface area contributed by atoms with E-state index in [9.17, 15) is 4.79 Å². The number of nitrogens with one attached hydrogen (secondary N) is 1. The number of anilines is 2. The van der Waals surface area contributed by atoms with E-state index in [1.165, 1.54) is 0 Å². The molecule has 2 amide bonds. The Hall–Kier alpha value is -1.99. The van der Waals surface area contributed by atoms with Crippen LogP contribution in [0.5, 0.6) is 0 Å². The first-order chi connectivity index (χ1) is 14.4. The van der Waals surface area contributed by atoms with Crippen LogP contribution in [0.15, 0.2) is 42.5 Å². The molecule has 1 aliphatic heterocycles. The molecule has 1 fully saturated rings. The van der Waals surface area contributed by atoms with E-state index >= 15 is 0 Å². The Balaban J connectivity index is 1.71. The smallest absolute Gasteiger partial charge is 0.322 e. The Kier molecular flexibility index (Phi) is 8.22. The molecule has 1 N–H and O–H groups in total. The lowest BCUT2D eigenvalue weighted by molar-refractivity contribution is 0.0349. The lowest BCUT2D eigenvalue weighted by Crippen LogP contribution is -2.44. The number of carbonyl (C=O) groups excluding carboxylic acids is 1. The van der Waals surface area contributed by atoms with E-state index in [0.717, 1.165) is 44.1 Å². The number of carbonyl (C=O) groups is 1. The van der Waals surface area contributed by atoms with Gasteiger partial charge in [-0.05, 0) is 29.8 Å². The largest absolute Gasteiger partial charge is 0.379 e. The normalized spacial score (nSPS) is 14.4. The van der Waals surface area contributed by atoms with Gasteiger partial charge in [-0.15, -0.1) is 0 Å². The average Bonchev–Trinajstić information content (AvgIpc) is 2.75. The number of halogens is 2. The summed E-state index contributed by atoms with van der Waals surface area (Å²) < 4.78 is 5.42. The fourth-order valence-corrected chi connectivity index (χ4v) is 3.60. The molecule has 1 saturated heterocycles. The Morgan fingerprint density at radius 2 is 1.80 bits per heavy atom. The van der Waals surface area contributed by atoms with Gasteiger partial charge in [-0.3, -0.25) is 4.90 Å². The first-order valence-electron chi connectivity index (χ1n) is 10.0. The van der Waals surface area contributed by atoms with E-state index in [0.29, 0.717) is 28.8 Å². The Labute approximate surface area is 188 Å². The first-order valence-corrected chi connectivity index (χ1v) is 10.8. The van der Waals surface area contributed by atoms with E-state index in [-0.39, 0.29) is 6.03 Å². The molecule has 162 valence electrons. The zero-order valence-corrected chi connectivity index (χ0v) is 18.9. The molecule has 1 aliphatic rings. The minimum Gasteiger partial charge on any atom is -0.379 e. The fourth-order valence-electron chi connectivity index (χ4n) is 3.25. The molecule has 30 heavy (non-hydrogen) atoms. The summed E-state index contributed by atoms with van der Waals surface area (Å²) in [7, 11) is 4.01. The Morgan fingerprint density at radius 1 is 1.10 bits per heavy atom. The highest BCUT2D eigenvalue weighted by Gasteiger charge is 2.19. The third-order valence-electron chi connectivity index (χ3n) is 5.10. The van der Waals surface area contributed by atoms with Gasteiger partial charge < -0.3 is 19.9 Å². The predicted octanol–water partition coefficient (Wildman–Crippen LogP) is 4.43. The van der Waals surface area contributed by atoms with Gasteiger partial charge in [-0.25, -0.2) is 4.79 Å². The molecule has 0 aliphatic carbocycles. The highest BCUT2D eigenvalue weighted by molar-refractivity contribution is 6.43. The number of benzene rings is 2. The molecule has 0 radical (unpaired) electrons. The van der Waals surface area contributed by atoms with Crippen LogP contribution in [0, 0.1) is 0 Å². The molecular formula is C22H28Cl2N4O2. The third-order valence-corrected chi connectivity index (χ3v) is 5.92. The van der Waals surface area contributed by atoms with Gasteiger partial charge in [0.05, 0.1) is 28.9 Å². The number of nitrogens with zero attached hydrogens (tertiary/aromatic N) is 3. The maximum absolute atomic E-state index is 13.1. The number of hydrogen-bond donors (Lipinski definition) is 1. The van der Waals surface area contributed by atoms with E-state index in [1.54, 1.807) is 23.1 Å². The highest BCUT2D eigenvalue weighted by Crippen LogP contribution is 2.29. The summed E-state index contributed by atoms with van der Waals surface area (Å²) in [5.41, 5.74) is 2.69. The molecule has 6 nitrogen and oxygen atoms in total. The second-order valence-electron chi connectivity index (χ2n) is 7.47. The SMILES string of the molecule is CN(C)c1ccc(CN(CCN2CCOCC2)C(=O)Nc2cccc(Cl)c2Cl)cc1. The van der Waals surface area contributed by atoms with Crippen molar-refractivity contribution in [2.24, 2.45) is 0 Å². The molecule has 0 spiro atoms. The van der Waals surface area contributed by atoms with E-state index in [2.05, 4.69) is 34.5 Å². The van der Waals surface area contributed by atoms with Gasteiger partial charge in [0.25, 0.3) is 0 Å². The summed E-state index contributed by atoms with van der Waals surface area (Å²) in [6.45, 7) is 5.12. The van der Waals surface area contributed by atoms with Crippen molar-refractivity contribution >= 4 is 40.6 Å². The van der Waals surface area contributed by atoms with Crippen LogP contribution in [0.3, 0.4) is 0 Å². The lowest BCUT2D eigenvalue weighted by atomic mass is 10.2. The van der Waals surface area contributed by atoms with Crippen LogP contribution < -0.4 is 10.2 Å². The summed E-state index contributed by atoms with van der Waals surface area (Å²) in [5, 5.41) is 3.66. The van der Waals surface area contributed by atoms with Crippen molar-refractivity contribution in [3.8, 4) is 0 Å². The molecule has 0 bridgehead atoms. The number of rotatable bonds is 7. The van der Waals surface area contributed by atoms with Crippen molar-refractivity contribution < 1.29 is 9.53 Å². The van der Waals surface area contributed by atoms with Crippen molar-refractivity contribution in [1.29, 1.82) is 0 Å². The number of hydrogen-bond acceptors (Lipinski definition) is 4. The number of urea groups is 1. The molecule has 0 saturated carbocycles. The predicted molar refractivity (Wildman–Crippen MR) is 124 cm³/mol. The fraction of sp³-hybridized carbons (Fsp3) is 0.409. The first kappa shape index (κ1) is 22.7. The van der Waals surface area contributed by atoms with Gasteiger partial charge in [0, 0.05) is 52.5 Å². The lowest BCUT2D eigenvalue weighted by Gasteiger charge is -2.30. The van der Waals surface area contributed by atoms with Gasteiger partial charge in [0.15, 0.2) is 0 Å². The quantitative estimate of drug-likeness (QED) is 0.677. The maximum atomic E-state index is 13.1. The summed E-state index contributed by atoms with van der Waals surface area (Å²) in [4.78, 5) is 19.3. The minimum absolute atomic E-state index is 0.205. The molecule has 0 aromatic heterocycles. The number of morpholine rings is 1. The van der Waals surface area contributed by atoms with E-state index in [4.69, 9.17) is 27.9 Å². The van der Waals surface area contributed by atoms with Crippen LogP contribution in [-0.4, -0.2) is 69.3 Å². The second kappa shape index (κ2) is 10.9. The Bertz CT molecular complexity index is 840. The number of ether oxygens (including phenoxy) is 1.